The van der Waals surface area contributed by atoms with Crippen LogP contribution in [-0.2, 0) is 13.5 Å². The van der Waals surface area contributed by atoms with Crippen molar-refractivity contribution in [1.29, 1.82) is 0 Å². The molecule has 5 unspecified atom stereocenters. The van der Waals surface area contributed by atoms with Gasteiger partial charge in [0.2, 0.25) is 0 Å². The van der Waals surface area contributed by atoms with Crippen LogP contribution in [-0.4, -0.2) is 21.0 Å². The highest BCUT2D eigenvalue weighted by Gasteiger charge is 2.66. The minimum absolute atomic E-state index is 0.310. The molecular weight excluding hydrogens is 212 g/mol. The van der Waals surface area contributed by atoms with Crippen LogP contribution in [0.2, 0.25) is 0 Å². The van der Waals surface area contributed by atoms with Gasteiger partial charge in [-0.05, 0) is 48.9 Å². The highest BCUT2D eigenvalue weighted by Crippen LogP contribution is 2.70. The molecule has 1 heterocycles. The second kappa shape index (κ2) is 3.31. The highest BCUT2D eigenvalue weighted by molar-refractivity contribution is 5.16. The molecule has 3 aliphatic rings. The molecule has 0 radical (unpaired) electrons. The van der Waals surface area contributed by atoms with Crippen LogP contribution < -0.4 is 5.73 Å². The van der Waals surface area contributed by atoms with Crippen molar-refractivity contribution in [3.05, 3.63) is 11.9 Å². The quantitative estimate of drug-likeness (QED) is 0.845. The van der Waals surface area contributed by atoms with Gasteiger partial charge in [0.15, 0.2) is 0 Å². The first-order valence-corrected chi connectivity index (χ1v) is 6.85. The van der Waals surface area contributed by atoms with Gasteiger partial charge in [0, 0.05) is 25.7 Å². The molecule has 4 heteroatoms. The lowest BCUT2D eigenvalue weighted by molar-refractivity contribution is 0.408. The van der Waals surface area contributed by atoms with E-state index in [-0.39, 0.29) is 0 Å². The third kappa shape index (κ3) is 1.39. The van der Waals surface area contributed by atoms with Gasteiger partial charge in [0.1, 0.15) is 0 Å². The summed E-state index contributed by atoms with van der Waals surface area (Å²) in [6.07, 6.45) is 7.35. The minimum atomic E-state index is 0.310. The Morgan fingerprint density at radius 2 is 2.12 bits per heavy atom. The Bertz CT molecular complexity index is 424. The number of fused-ring (bicyclic) bond motifs is 5. The molecule has 5 atom stereocenters. The molecule has 3 aliphatic carbocycles. The third-order valence-electron chi connectivity index (χ3n) is 5.38. The molecule has 92 valence electrons. The lowest BCUT2D eigenvalue weighted by atomic mass is 9.95. The minimum Gasteiger partial charge on any atom is -0.327 e. The van der Waals surface area contributed by atoms with Crippen LogP contribution in [0.15, 0.2) is 6.20 Å². The molecule has 4 rings (SSSR count). The summed E-state index contributed by atoms with van der Waals surface area (Å²) < 4.78 is 1.76. The summed E-state index contributed by atoms with van der Waals surface area (Å²) >= 11 is 0. The van der Waals surface area contributed by atoms with Crippen LogP contribution in [0, 0.1) is 29.6 Å². The zero-order chi connectivity index (χ0) is 11.6. The first-order chi connectivity index (χ1) is 8.24. The summed E-state index contributed by atoms with van der Waals surface area (Å²) in [5.74, 6) is 4.77. The van der Waals surface area contributed by atoms with Crippen LogP contribution in [0.4, 0.5) is 0 Å². The van der Waals surface area contributed by atoms with Gasteiger partial charge in [0.25, 0.3) is 0 Å². The summed E-state index contributed by atoms with van der Waals surface area (Å²) in [5.41, 5.74) is 7.44. The fraction of sp³-hybridized carbons (Fsp3) is 0.846. The predicted molar refractivity (Wildman–Crippen MR) is 64.0 cm³/mol. The van der Waals surface area contributed by atoms with Gasteiger partial charge >= 0.3 is 0 Å². The van der Waals surface area contributed by atoms with E-state index in [1.54, 1.807) is 4.68 Å². The zero-order valence-electron chi connectivity index (χ0n) is 10.3. The summed E-state index contributed by atoms with van der Waals surface area (Å²) in [6.45, 7) is 0. The van der Waals surface area contributed by atoms with Crippen LogP contribution in [0.5, 0.6) is 0 Å². The fourth-order valence-corrected chi connectivity index (χ4v) is 4.83. The molecule has 1 aromatic rings. The third-order valence-corrected chi connectivity index (χ3v) is 5.38. The molecule has 2 bridgehead atoms. The van der Waals surface area contributed by atoms with Gasteiger partial charge in [-0.25, -0.2) is 0 Å². The maximum Gasteiger partial charge on any atom is 0.0842 e. The molecule has 0 saturated heterocycles. The lowest BCUT2D eigenvalue weighted by Crippen LogP contribution is -2.28. The number of rotatable bonds is 3. The van der Waals surface area contributed by atoms with Crippen molar-refractivity contribution in [3.8, 4) is 0 Å². The summed E-state index contributed by atoms with van der Waals surface area (Å²) in [7, 11) is 1.91. The smallest absolute Gasteiger partial charge is 0.0842 e. The Morgan fingerprint density at radius 3 is 2.71 bits per heavy atom. The van der Waals surface area contributed by atoms with E-state index in [1.807, 2.05) is 13.2 Å². The molecule has 2 N–H and O–H groups in total. The second-order valence-corrected chi connectivity index (χ2v) is 6.32. The number of nitrogens with two attached hydrogens (primary N) is 1. The lowest BCUT2D eigenvalue weighted by Gasteiger charge is -2.14. The molecule has 0 aliphatic heterocycles. The van der Waals surface area contributed by atoms with Crippen LogP contribution in [0.25, 0.3) is 0 Å². The SMILES string of the molecule is Cn1cc(CC(N)C2C3C4CCC(C4)C23)nn1. The monoisotopic (exact) mass is 232 g/mol. The van der Waals surface area contributed by atoms with Crippen LogP contribution >= 0.6 is 0 Å². The maximum atomic E-state index is 6.39. The van der Waals surface area contributed by atoms with Crippen LogP contribution in [0.3, 0.4) is 0 Å². The van der Waals surface area contributed by atoms with Gasteiger partial charge in [-0.3, -0.25) is 4.68 Å². The van der Waals surface area contributed by atoms with Gasteiger partial charge in [-0.2, -0.15) is 0 Å². The number of nitrogens with zero attached hydrogens (tertiary/aromatic N) is 3. The van der Waals surface area contributed by atoms with E-state index in [1.165, 1.54) is 19.3 Å². The van der Waals surface area contributed by atoms with E-state index in [2.05, 4.69) is 10.3 Å². The average Bonchev–Trinajstić information content (AvgIpc) is 2.65. The summed E-state index contributed by atoms with van der Waals surface area (Å²) in [5, 5.41) is 8.12. The van der Waals surface area contributed by atoms with E-state index in [0.717, 1.165) is 41.7 Å². The largest absolute Gasteiger partial charge is 0.327 e. The average molecular weight is 232 g/mol. The van der Waals surface area contributed by atoms with Gasteiger partial charge in [-0.1, -0.05) is 5.21 Å². The molecule has 0 spiro atoms. The van der Waals surface area contributed by atoms with Gasteiger partial charge in [-0.15, -0.1) is 5.10 Å². The van der Waals surface area contributed by atoms with Crippen molar-refractivity contribution in [1.82, 2.24) is 15.0 Å². The van der Waals surface area contributed by atoms with E-state index in [0.29, 0.717) is 6.04 Å². The molecule has 4 nitrogen and oxygen atoms in total. The molecule has 0 amide bonds. The van der Waals surface area contributed by atoms with Gasteiger partial charge < -0.3 is 5.73 Å². The summed E-state index contributed by atoms with van der Waals surface area (Å²) in [6, 6.07) is 0.310. The molecule has 0 aromatic carbocycles. The Kier molecular flexibility index (Phi) is 1.96. The predicted octanol–water partition coefficient (Wildman–Crippen LogP) is 0.977. The molecule has 3 saturated carbocycles. The second-order valence-electron chi connectivity index (χ2n) is 6.32. The maximum absolute atomic E-state index is 6.39. The molecular formula is C13H20N4. The number of aromatic nitrogens is 3. The zero-order valence-corrected chi connectivity index (χ0v) is 10.3. The number of aryl methyl sites for hydroxylation is 1. The van der Waals surface area contributed by atoms with Crippen molar-refractivity contribution in [2.75, 3.05) is 0 Å². The van der Waals surface area contributed by atoms with Crippen molar-refractivity contribution in [2.24, 2.45) is 42.4 Å². The molecule has 1 aromatic heterocycles. The molecule has 3 fully saturated rings. The van der Waals surface area contributed by atoms with Crippen molar-refractivity contribution in [2.45, 2.75) is 31.7 Å². The standard InChI is InChI=1S/C13H20N4/c1-17-6-9(15-16-17)5-10(14)13-11-7-2-3-8(4-7)12(11)13/h6-8,10-13H,2-5,14H2,1H3. The van der Waals surface area contributed by atoms with Crippen molar-refractivity contribution < 1.29 is 0 Å². The van der Waals surface area contributed by atoms with Crippen molar-refractivity contribution >= 4 is 0 Å². The van der Waals surface area contributed by atoms with E-state index in [9.17, 15) is 0 Å². The summed E-state index contributed by atoms with van der Waals surface area (Å²) in [4.78, 5) is 0. The Balaban J connectivity index is 1.44. The first kappa shape index (κ1) is 10.1. The Morgan fingerprint density at radius 1 is 1.41 bits per heavy atom. The van der Waals surface area contributed by atoms with E-state index in [4.69, 9.17) is 5.73 Å². The highest BCUT2D eigenvalue weighted by atomic mass is 15.4. The van der Waals surface area contributed by atoms with Crippen molar-refractivity contribution in [3.63, 3.8) is 0 Å². The number of hydrogen-bond donors (Lipinski definition) is 1. The fourth-order valence-electron chi connectivity index (χ4n) is 4.83. The molecule has 17 heavy (non-hydrogen) atoms. The Hall–Kier alpha value is -0.900. The Labute approximate surface area is 102 Å². The number of hydrogen-bond acceptors (Lipinski definition) is 3. The van der Waals surface area contributed by atoms with E-state index >= 15 is 0 Å². The normalized spacial score (nSPS) is 43.8. The topological polar surface area (TPSA) is 56.7 Å². The first-order valence-electron chi connectivity index (χ1n) is 6.85. The van der Waals surface area contributed by atoms with Gasteiger partial charge in [0.05, 0.1) is 5.69 Å². The van der Waals surface area contributed by atoms with Crippen LogP contribution in [0.1, 0.15) is 25.0 Å². The van der Waals surface area contributed by atoms with E-state index < -0.39 is 0 Å².